The Labute approximate surface area is 157 Å². The number of nitrogens with zero attached hydrogens (tertiary/aromatic N) is 6. The van der Waals surface area contributed by atoms with Crippen LogP contribution >= 0.6 is 0 Å². The highest BCUT2D eigenvalue weighted by atomic mass is 19.4. The van der Waals surface area contributed by atoms with Gasteiger partial charge in [0.15, 0.2) is 23.0 Å². The number of amides is 1. The molecule has 4 rings (SSSR count). The zero-order valence-electron chi connectivity index (χ0n) is 15.1. The predicted molar refractivity (Wildman–Crippen MR) is 93.5 cm³/mol. The molecule has 1 fully saturated rings. The highest BCUT2D eigenvalue weighted by Gasteiger charge is 2.36. The smallest absolute Gasteiger partial charge is 0.325 e. The van der Waals surface area contributed by atoms with Gasteiger partial charge >= 0.3 is 6.18 Å². The van der Waals surface area contributed by atoms with Crippen LogP contribution in [0.1, 0.15) is 35.7 Å². The number of aryl methyl sites for hydroxylation is 2. The number of anilines is 1. The Kier molecular flexibility index (Phi) is 4.10. The van der Waals surface area contributed by atoms with E-state index in [0.29, 0.717) is 24.6 Å². The van der Waals surface area contributed by atoms with E-state index in [0.717, 1.165) is 10.9 Å². The van der Waals surface area contributed by atoms with Crippen LogP contribution in [0.3, 0.4) is 0 Å². The quantitative estimate of drug-likeness (QED) is 0.600. The van der Waals surface area contributed by atoms with Crippen LogP contribution in [-0.4, -0.2) is 36.6 Å². The number of rotatable bonds is 1. The summed E-state index contributed by atoms with van der Waals surface area (Å²) >= 11 is 0. The maximum Gasteiger partial charge on any atom is 0.435 e. The molecule has 0 spiro atoms. The van der Waals surface area contributed by atoms with E-state index in [-0.39, 0.29) is 22.9 Å². The lowest BCUT2D eigenvalue weighted by molar-refractivity contribution is -0.141. The third-order valence-corrected chi connectivity index (χ3v) is 4.49. The van der Waals surface area contributed by atoms with Crippen LogP contribution in [0.25, 0.3) is 5.65 Å². The Hall–Kier alpha value is -3.35. The molecule has 144 valence electrons. The second-order valence-corrected chi connectivity index (χ2v) is 6.46. The SMILES string of the molecule is Cc1c(C(F)(F)F)nc2ccc(C#Cc3nc(N4CCCC4=O)cn3C)nn12. The van der Waals surface area contributed by atoms with Crippen molar-refractivity contribution in [2.24, 2.45) is 7.05 Å². The number of carbonyl (C=O) groups is 1. The van der Waals surface area contributed by atoms with Gasteiger partial charge in [0.25, 0.3) is 0 Å². The number of carbonyl (C=O) groups excluding carboxylic acids is 1. The molecule has 1 aliphatic rings. The van der Waals surface area contributed by atoms with Crippen LogP contribution in [0.5, 0.6) is 0 Å². The third kappa shape index (κ3) is 3.09. The van der Waals surface area contributed by atoms with Crippen LogP contribution in [0.15, 0.2) is 18.3 Å². The number of hydrogen-bond acceptors (Lipinski definition) is 4. The van der Waals surface area contributed by atoms with Gasteiger partial charge in [-0.3, -0.25) is 9.69 Å². The van der Waals surface area contributed by atoms with Crippen LogP contribution in [0.4, 0.5) is 19.0 Å². The molecule has 0 atom stereocenters. The lowest BCUT2D eigenvalue weighted by atomic mass is 10.3. The zero-order valence-corrected chi connectivity index (χ0v) is 15.1. The monoisotopic (exact) mass is 388 g/mol. The summed E-state index contributed by atoms with van der Waals surface area (Å²) in [5.41, 5.74) is -0.683. The molecule has 28 heavy (non-hydrogen) atoms. The van der Waals surface area contributed by atoms with Gasteiger partial charge in [-0.1, -0.05) is 0 Å². The molecular weight excluding hydrogens is 373 g/mol. The molecule has 7 nitrogen and oxygen atoms in total. The molecule has 10 heteroatoms. The first-order valence-electron chi connectivity index (χ1n) is 8.53. The number of halogens is 3. The number of hydrogen-bond donors (Lipinski definition) is 0. The molecule has 4 heterocycles. The van der Waals surface area contributed by atoms with Gasteiger partial charge in [0, 0.05) is 26.2 Å². The van der Waals surface area contributed by atoms with Gasteiger partial charge in [0.2, 0.25) is 5.91 Å². The first kappa shape index (κ1) is 18.0. The van der Waals surface area contributed by atoms with Gasteiger partial charge in [-0.15, -0.1) is 0 Å². The first-order valence-corrected chi connectivity index (χ1v) is 8.53. The molecule has 1 saturated heterocycles. The van der Waals surface area contributed by atoms with Gasteiger partial charge < -0.3 is 4.57 Å². The lowest BCUT2D eigenvalue weighted by Crippen LogP contribution is -2.23. The molecule has 3 aromatic rings. The first-order chi connectivity index (χ1) is 13.2. The summed E-state index contributed by atoms with van der Waals surface area (Å²) in [5.74, 6) is 6.66. The highest BCUT2D eigenvalue weighted by molar-refractivity contribution is 5.94. The second-order valence-electron chi connectivity index (χ2n) is 6.46. The summed E-state index contributed by atoms with van der Waals surface area (Å²) in [6.07, 6.45) is -1.52. The molecule has 0 aromatic carbocycles. The largest absolute Gasteiger partial charge is 0.435 e. The minimum Gasteiger partial charge on any atom is -0.325 e. The summed E-state index contributed by atoms with van der Waals surface area (Å²) in [7, 11) is 1.76. The minimum absolute atomic E-state index is 0.0285. The van der Waals surface area contributed by atoms with E-state index in [1.165, 1.54) is 19.1 Å². The Morgan fingerprint density at radius 1 is 1.18 bits per heavy atom. The van der Waals surface area contributed by atoms with Gasteiger partial charge in [-0.25, -0.2) is 14.5 Å². The number of fused-ring (bicyclic) bond motifs is 1. The molecule has 0 aliphatic carbocycles. The van der Waals surface area contributed by atoms with Crippen molar-refractivity contribution in [1.29, 1.82) is 0 Å². The van der Waals surface area contributed by atoms with Crippen molar-refractivity contribution < 1.29 is 18.0 Å². The van der Waals surface area contributed by atoms with Gasteiger partial charge in [-0.05, 0) is 37.3 Å². The minimum atomic E-state index is -4.54. The molecule has 0 unspecified atom stereocenters. The van der Waals surface area contributed by atoms with E-state index in [9.17, 15) is 18.0 Å². The maximum absolute atomic E-state index is 13.0. The van der Waals surface area contributed by atoms with Crippen molar-refractivity contribution in [3.63, 3.8) is 0 Å². The molecule has 1 amide bonds. The van der Waals surface area contributed by atoms with Crippen molar-refractivity contribution in [3.8, 4) is 11.8 Å². The molecule has 0 N–H and O–H groups in total. The van der Waals surface area contributed by atoms with Gasteiger partial charge in [0.1, 0.15) is 5.69 Å². The molecule has 0 radical (unpaired) electrons. The Morgan fingerprint density at radius 2 is 1.96 bits per heavy atom. The fourth-order valence-corrected chi connectivity index (χ4v) is 3.09. The predicted octanol–water partition coefficient (Wildman–Crippen LogP) is 2.32. The van der Waals surface area contributed by atoms with Crippen molar-refractivity contribution in [1.82, 2.24) is 24.1 Å². The Balaban J connectivity index is 1.66. The Bertz CT molecular complexity index is 1150. The summed E-state index contributed by atoms with van der Waals surface area (Å²) < 4.78 is 41.8. The summed E-state index contributed by atoms with van der Waals surface area (Å²) in [4.78, 5) is 21.4. The zero-order chi connectivity index (χ0) is 20.1. The van der Waals surface area contributed by atoms with Crippen molar-refractivity contribution in [2.75, 3.05) is 11.4 Å². The third-order valence-electron chi connectivity index (χ3n) is 4.49. The lowest BCUT2D eigenvalue weighted by Gasteiger charge is -2.10. The topological polar surface area (TPSA) is 68.3 Å². The van der Waals surface area contributed by atoms with E-state index < -0.39 is 11.9 Å². The van der Waals surface area contributed by atoms with Gasteiger partial charge in [0.05, 0.1) is 5.69 Å². The van der Waals surface area contributed by atoms with Crippen LogP contribution in [-0.2, 0) is 18.0 Å². The fourth-order valence-electron chi connectivity index (χ4n) is 3.09. The maximum atomic E-state index is 13.0. The summed E-state index contributed by atoms with van der Waals surface area (Å²) in [6, 6.07) is 2.94. The number of aromatic nitrogens is 5. The van der Waals surface area contributed by atoms with Crippen LogP contribution in [0.2, 0.25) is 0 Å². The summed E-state index contributed by atoms with van der Waals surface area (Å²) in [6.45, 7) is 1.94. The van der Waals surface area contributed by atoms with Crippen LogP contribution in [0, 0.1) is 18.8 Å². The van der Waals surface area contributed by atoms with E-state index in [2.05, 4.69) is 26.9 Å². The molecule has 0 saturated carbocycles. The second kappa shape index (κ2) is 6.37. The van der Waals surface area contributed by atoms with Gasteiger partial charge in [-0.2, -0.15) is 18.3 Å². The number of imidazole rings is 2. The molecule has 1 aliphatic heterocycles. The van der Waals surface area contributed by atoms with Crippen LogP contribution < -0.4 is 4.90 Å². The van der Waals surface area contributed by atoms with Crippen molar-refractivity contribution in [3.05, 3.63) is 41.2 Å². The molecule has 0 bridgehead atoms. The number of alkyl halides is 3. The van der Waals surface area contributed by atoms with E-state index in [1.54, 1.807) is 22.7 Å². The van der Waals surface area contributed by atoms with Crippen molar-refractivity contribution >= 4 is 17.4 Å². The normalized spacial score (nSPS) is 14.6. The standard InChI is InChI=1S/C18H15F3N6O/c1-11-17(18(19,20)21)23-14-8-6-12(24-27(11)14)5-7-13-22-15(10-25(13)2)26-9-3-4-16(26)28/h6,8,10H,3-4,9H2,1-2H3. The average molecular weight is 388 g/mol. The van der Waals surface area contributed by atoms with E-state index in [1.807, 2.05) is 0 Å². The molecular formula is C18H15F3N6O. The molecule has 3 aromatic heterocycles. The van der Waals surface area contributed by atoms with Crippen molar-refractivity contribution in [2.45, 2.75) is 25.9 Å². The highest BCUT2D eigenvalue weighted by Crippen LogP contribution is 2.31. The van der Waals surface area contributed by atoms with E-state index >= 15 is 0 Å². The fraction of sp³-hybridized carbons (Fsp3) is 0.333. The van der Waals surface area contributed by atoms with E-state index in [4.69, 9.17) is 0 Å². The summed E-state index contributed by atoms with van der Waals surface area (Å²) in [5, 5.41) is 4.13. The Morgan fingerprint density at radius 3 is 2.64 bits per heavy atom. The average Bonchev–Trinajstić information content (AvgIpc) is 3.30.